The van der Waals surface area contributed by atoms with Gasteiger partial charge in [0.2, 0.25) is 5.91 Å². The molecule has 2 saturated carbocycles. The van der Waals surface area contributed by atoms with Gasteiger partial charge in [0, 0.05) is 12.7 Å². The average molecular weight is 525 g/mol. The fraction of sp³-hybridized carbons (Fsp3) is 0.621. The normalized spacial score (nSPS) is 24.3. The van der Waals surface area contributed by atoms with E-state index in [9.17, 15) is 19.8 Å². The Balaban J connectivity index is 1.43. The summed E-state index contributed by atoms with van der Waals surface area (Å²) in [6, 6.07) is 7.59. The molecule has 1 aliphatic heterocycles. The van der Waals surface area contributed by atoms with Crippen LogP contribution >= 0.6 is 0 Å². The van der Waals surface area contributed by atoms with E-state index in [0.29, 0.717) is 30.7 Å². The zero-order valence-electron chi connectivity index (χ0n) is 21.9. The molecule has 1 aromatic heterocycles. The van der Waals surface area contributed by atoms with Gasteiger partial charge in [0.1, 0.15) is 12.2 Å². The lowest BCUT2D eigenvalue weighted by atomic mass is 9.76. The third kappa shape index (κ3) is 5.45. The summed E-state index contributed by atoms with van der Waals surface area (Å²) in [5.41, 5.74) is 7.14. The fourth-order valence-corrected chi connectivity index (χ4v) is 6.49. The van der Waals surface area contributed by atoms with Crippen molar-refractivity contribution in [2.75, 3.05) is 6.54 Å². The van der Waals surface area contributed by atoms with Crippen LogP contribution in [0, 0.1) is 11.8 Å². The second-order valence-electron chi connectivity index (χ2n) is 11.3. The predicted molar refractivity (Wildman–Crippen MR) is 141 cm³/mol. The van der Waals surface area contributed by atoms with Crippen molar-refractivity contribution < 1.29 is 24.5 Å². The van der Waals surface area contributed by atoms with Gasteiger partial charge in [0.25, 0.3) is 0 Å². The number of aryl methyl sites for hydroxylation is 1. The molecule has 0 spiro atoms. The number of nitrogens with zero attached hydrogens (tertiary/aromatic N) is 2. The number of rotatable bonds is 10. The van der Waals surface area contributed by atoms with Crippen molar-refractivity contribution in [2.24, 2.45) is 17.6 Å². The minimum atomic E-state index is -1.42. The maximum absolute atomic E-state index is 13.9. The van der Waals surface area contributed by atoms with Gasteiger partial charge < -0.3 is 25.7 Å². The number of benzene rings is 1. The zero-order chi connectivity index (χ0) is 26.7. The Labute approximate surface area is 223 Å². The van der Waals surface area contributed by atoms with Crippen molar-refractivity contribution in [3.63, 3.8) is 0 Å². The SMILES string of the molecule is NC(=O)C1(CCc2c[nH]cn2)c2ccccc2CCN1C(=O)O[C@@H](CC1CCCCC1)[C@H](O)[C@@H](O)C1CC1. The molecule has 0 radical (unpaired) electrons. The van der Waals surface area contributed by atoms with E-state index < -0.39 is 35.9 Å². The topological polar surface area (TPSA) is 142 Å². The molecule has 2 fully saturated rings. The number of aromatic amines is 1. The van der Waals surface area contributed by atoms with E-state index in [-0.39, 0.29) is 18.9 Å². The second kappa shape index (κ2) is 11.5. The number of imidazole rings is 1. The number of nitrogens with one attached hydrogen (secondary N) is 1. The summed E-state index contributed by atoms with van der Waals surface area (Å²) in [4.78, 5) is 35.9. The van der Waals surface area contributed by atoms with E-state index in [2.05, 4.69) is 9.97 Å². The van der Waals surface area contributed by atoms with E-state index in [4.69, 9.17) is 10.5 Å². The number of H-pyrrole nitrogens is 1. The highest BCUT2D eigenvalue weighted by atomic mass is 16.6. The minimum Gasteiger partial charge on any atom is -0.443 e. The molecule has 1 unspecified atom stereocenters. The van der Waals surface area contributed by atoms with Crippen molar-refractivity contribution >= 4 is 12.0 Å². The van der Waals surface area contributed by atoms with E-state index in [1.54, 1.807) is 12.5 Å². The van der Waals surface area contributed by atoms with Crippen LogP contribution in [0.1, 0.15) is 74.6 Å². The molecule has 1 aromatic carbocycles. The summed E-state index contributed by atoms with van der Waals surface area (Å²) in [6.07, 6.45) is 8.65. The zero-order valence-corrected chi connectivity index (χ0v) is 21.9. The Bertz CT molecular complexity index is 1100. The molecule has 2 aliphatic carbocycles. The summed E-state index contributed by atoms with van der Waals surface area (Å²) in [6.45, 7) is 0.261. The molecule has 9 heteroatoms. The predicted octanol–water partition coefficient (Wildman–Crippen LogP) is 3.19. The maximum Gasteiger partial charge on any atom is 0.411 e. The summed E-state index contributed by atoms with van der Waals surface area (Å²) >= 11 is 0. The lowest BCUT2D eigenvalue weighted by molar-refractivity contribution is -0.133. The second-order valence-corrected chi connectivity index (χ2v) is 11.3. The van der Waals surface area contributed by atoms with Gasteiger partial charge in [-0.25, -0.2) is 9.78 Å². The van der Waals surface area contributed by atoms with Gasteiger partial charge in [0.15, 0.2) is 5.54 Å². The molecule has 5 rings (SSSR count). The Hall–Kier alpha value is -2.91. The highest BCUT2D eigenvalue weighted by Gasteiger charge is 2.51. The quantitative estimate of drug-likeness (QED) is 0.376. The number of nitrogens with two attached hydrogens (primary N) is 1. The van der Waals surface area contributed by atoms with Gasteiger partial charge >= 0.3 is 6.09 Å². The average Bonchev–Trinajstić information content (AvgIpc) is 3.65. The lowest BCUT2D eigenvalue weighted by Crippen LogP contribution is -2.61. The number of hydrogen-bond donors (Lipinski definition) is 4. The lowest BCUT2D eigenvalue weighted by Gasteiger charge is -2.46. The van der Waals surface area contributed by atoms with Gasteiger partial charge in [-0.05, 0) is 61.5 Å². The third-order valence-electron chi connectivity index (χ3n) is 8.83. The highest BCUT2D eigenvalue weighted by molar-refractivity contribution is 5.91. The van der Waals surface area contributed by atoms with Crippen molar-refractivity contribution in [3.8, 4) is 0 Å². The molecule has 2 aromatic rings. The van der Waals surface area contributed by atoms with Crippen molar-refractivity contribution in [1.82, 2.24) is 14.9 Å². The largest absolute Gasteiger partial charge is 0.443 e. The summed E-state index contributed by atoms with van der Waals surface area (Å²) < 4.78 is 6.06. The van der Waals surface area contributed by atoms with Crippen LogP contribution in [-0.4, -0.2) is 61.9 Å². The van der Waals surface area contributed by atoms with Crippen molar-refractivity contribution in [3.05, 3.63) is 53.6 Å². The smallest absolute Gasteiger partial charge is 0.411 e. The Morgan fingerprint density at radius 1 is 1.16 bits per heavy atom. The molecule has 0 bridgehead atoms. The van der Waals surface area contributed by atoms with Crippen LogP contribution < -0.4 is 5.73 Å². The molecule has 4 atom stereocenters. The number of aromatic nitrogens is 2. The molecule has 38 heavy (non-hydrogen) atoms. The molecule has 0 saturated heterocycles. The van der Waals surface area contributed by atoms with Gasteiger partial charge in [-0.1, -0.05) is 56.4 Å². The van der Waals surface area contributed by atoms with Gasteiger partial charge in [-0.2, -0.15) is 0 Å². The number of aliphatic hydroxyl groups is 2. The molecule has 5 N–H and O–H groups in total. The van der Waals surface area contributed by atoms with E-state index in [0.717, 1.165) is 49.8 Å². The minimum absolute atomic E-state index is 0.0398. The van der Waals surface area contributed by atoms with E-state index in [1.807, 2.05) is 24.3 Å². The first-order valence-electron chi connectivity index (χ1n) is 14.1. The number of amides is 2. The molecule has 2 heterocycles. The first-order chi connectivity index (χ1) is 18.4. The molecule has 2 amide bonds. The van der Waals surface area contributed by atoms with Crippen molar-refractivity contribution in [2.45, 2.75) is 94.5 Å². The Morgan fingerprint density at radius 3 is 2.61 bits per heavy atom. The number of fused-ring (bicyclic) bond motifs is 1. The van der Waals surface area contributed by atoms with Crippen LogP contribution in [0.3, 0.4) is 0 Å². The summed E-state index contributed by atoms with van der Waals surface area (Å²) in [5.74, 6) is -0.261. The van der Waals surface area contributed by atoms with Crippen LogP contribution in [0.2, 0.25) is 0 Å². The third-order valence-corrected chi connectivity index (χ3v) is 8.83. The number of hydrogen-bond acceptors (Lipinski definition) is 6. The van der Waals surface area contributed by atoms with Gasteiger partial charge in [-0.15, -0.1) is 0 Å². The number of aliphatic hydroxyl groups excluding tert-OH is 2. The summed E-state index contributed by atoms with van der Waals surface area (Å²) in [5, 5.41) is 21.9. The van der Waals surface area contributed by atoms with E-state index >= 15 is 0 Å². The Morgan fingerprint density at radius 2 is 1.92 bits per heavy atom. The number of primary amides is 1. The molecular weight excluding hydrogens is 484 g/mol. The fourth-order valence-electron chi connectivity index (χ4n) is 6.49. The van der Waals surface area contributed by atoms with Crippen LogP contribution in [0.5, 0.6) is 0 Å². The van der Waals surface area contributed by atoms with Crippen LogP contribution in [0.4, 0.5) is 4.79 Å². The van der Waals surface area contributed by atoms with Crippen LogP contribution in [0.15, 0.2) is 36.8 Å². The van der Waals surface area contributed by atoms with Gasteiger partial charge in [-0.3, -0.25) is 9.69 Å². The van der Waals surface area contributed by atoms with Crippen LogP contribution in [0.25, 0.3) is 0 Å². The first-order valence-corrected chi connectivity index (χ1v) is 14.1. The number of ether oxygens (including phenoxy) is 1. The maximum atomic E-state index is 13.9. The molecule has 206 valence electrons. The van der Waals surface area contributed by atoms with E-state index in [1.165, 1.54) is 11.3 Å². The first kappa shape index (κ1) is 26.7. The molecule has 9 nitrogen and oxygen atoms in total. The number of carbonyl (C=O) groups is 2. The Kier molecular flexibility index (Phi) is 8.04. The highest BCUT2D eigenvalue weighted by Crippen LogP contribution is 2.41. The standard InChI is InChI=1S/C29H40N4O5/c30-27(36)29(14-12-22-17-31-18-32-22)23-9-5-4-8-20(23)13-15-33(29)28(37)38-24(16-19-6-2-1-3-7-19)26(35)25(34)21-10-11-21/h4-5,8-9,17-19,21,24-26,34-35H,1-3,6-7,10-16H2,(H2,30,36)(H,31,32)/t24-,25-,26-,29?/m0/s1. The molecule has 3 aliphatic rings. The molecular formula is C29H40N4O5. The van der Waals surface area contributed by atoms with Crippen molar-refractivity contribution in [1.29, 1.82) is 0 Å². The monoisotopic (exact) mass is 524 g/mol. The van der Waals surface area contributed by atoms with Crippen LogP contribution in [-0.2, 0) is 27.9 Å². The number of carbonyl (C=O) groups excluding carboxylic acids is 2. The summed E-state index contributed by atoms with van der Waals surface area (Å²) in [7, 11) is 0. The van der Waals surface area contributed by atoms with Gasteiger partial charge in [0.05, 0.1) is 18.1 Å².